The van der Waals surface area contributed by atoms with Gasteiger partial charge in [-0.15, -0.1) is 0 Å². The number of hydrogen-bond donors (Lipinski definition) is 1. The number of rotatable bonds is 2. The molecule has 0 saturated carbocycles. The first-order chi connectivity index (χ1) is 8.06. The van der Waals surface area contributed by atoms with Crippen LogP contribution in [0.5, 0.6) is 0 Å². The Labute approximate surface area is 99.8 Å². The lowest BCUT2D eigenvalue weighted by molar-refractivity contribution is -0.139. The Morgan fingerprint density at radius 2 is 2.12 bits per heavy atom. The van der Waals surface area contributed by atoms with Crippen LogP contribution in [0.4, 0.5) is 5.82 Å². The fourth-order valence-corrected chi connectivity index (χ4v) is 1.74. The molecule has 0 radical (unpaired) electrons. The molecule has 0 atom stereocenters. The molecule has 0 bridgehead atoms. The van der Waals surface area contributed by atoms with E-state index >= 15 is 0 Å². The highest BCUT2D eigenvalue weighted by Gasteiger charge is 2.34. The van der Waals surface area contributed by atoms with E-state index in [1.807, 2.05) is 19.1 Å². The van der Waals surface area contributed by atoms with Crippen LogP contribution in [0.15, 0.2) is 18.2 Å². The van der Waals surface area contributed by atoms with Crippen molar-refractivity contribution in [1.29, 1.82) is 0 Å². The summed E-state index contributed by atoms with van der Waals surface area (Å²) in [5.41, 5.74) is 0.863. The summed E-state index contributed by atoms with van der Waals surface area (Å²) < 4.78 is 0. The van der Waals surface area contributed by atoms with E-state index in [2.05, 4.69) is 10.3 Å². The lowest BCUT2D eigenvalue weighted by Gasteiger charge is -2.37. The summed E-state index contributed by atoms with van der Waals surface area (Å²) in [6.07, 6.45) is 0. The van der Waals surface area contributed by atoms with Crippen molar-refractivity contribution in [1.82, 2.24) is 9.88 Å². The number of pyridine rings is 1. The molecule has 2 rings (SSSR count). The predicted octanol–water partition coefficient (Wildman–Crippen LogP) is 0.807. The smallest absolute Gasteiger partial charge is 0.232 e. The molecule has 2 amide bonds. The highest BCUT2D eigenvalue weighted by Crippen LogP contribution is 2.17. The SMILES string of the molecule is CC(=O)N1CC(C(=O)Nc2cccc(C)n2)C1. The fraction of sp³-hybridized carbons (Fsp3) is 0.417. The molecule has 1 aliphatic rings. The van der Waals surface area contributed by atoms with Crippen LogP contribution >= 0.6 is 0 Å². The minimum Gasteiger partial charge on any atom is -0.341 e. The molecule has 2 heterocycles. The monoisotopic (exact) mass is 233 g/mol. The van der Waals surface area contributed by atoms with Gasteiger partial charge in [0.1, 0.15) is 5.82 Å². The number of nitrogens with one attached hydrogen (secondary N) is 1. The number of hydrogen-bond acceptors (Lipinski definition) is 3. The second-order valence-electron chi connectivity index (χ2n) is 4.27. The maximum atomic E-state index is 11.8. The van der Waals surface area contributed by atoms with Crippen molar-refractivity contribution < 1.29 is 9.59 Å². The number of carbonyl (C=O) groups is 2. The summed E-state index contributed by atoms with van der Waals surface area (Å²) in [6, 6.07) is 5.48. The van der Waals surface area contributed by atoms with Gasteiger partial charge in [0, 0.05) is 25.7 Å². The lowest BCUT2D eigenvalue weighted by Crippen LogP contribution is -2.53. The molecule has 1 saturated heterocycles. The number of aromatic nitrogens is 1. The summed E-state index contributed by atoms with van der Waals surface area (Å²) in [4.78, 5) is 28.6. The zero-order valence-corrected chi connectivity index (χ0v) is 9.93. The zero-order valence-electron chi connectivity index (χ0n) is 9.93. The van der Waals surface area contributed by atoms with Gasteiger partial charge in [-0.2, -0.15) is 0 Å². The molecule has 1 aromatic heterocycles. The Morgan fingerprint density at radius 3 is 2.71 bits per heavy atom. The summed E-state index contributed by atoms with van der Waals surface area (Å²) in [5, 5.41) is 2.76. The van der Waals surface area contributed by atoms with Gasteiger partial charge in [-0.3, -0.25) is 9.59 Å². The van der Waals surface area contributed by atoms with Crippen molar-refractivity contribution in [3.05, 3.63) is 23.9 Å². The number of anilines is 1. The molecule has 0 spiro atoms. The first-order valence-electron chi connectivity index (χ1n) is 5.56. The van der Waals surface area contributed by atoms with Gasteiger partial charge in [0.05, 0.1) is 5.92 Å². The van der Waals surface area contributed by atoms with E-state index in [1.54, 1.807) is 11.0 Å². The summed E-state index contributed by atoms with van der Waals surface area (Å²) in [5.74, 6) is 0.404. The van der Waals surface area contributed by atoms with Crippen LogP contribution in [-0.2, 0) is 9.59 Å². The van der Waals surface area contributed by atoms with Gasteiger partial charge in [-0.25, -0.2) is 4.98 Å². The quantitative estimate of drug-likeness (QED) is 0.822. The largest absolute Gasteiger partial charge is 0.341 e. The molecule has 0 unspecified atom stereocenters. The molecular formula is C12H15N3O2. The van der Waals surface area contributed by atoms with Gasteiger partial charge >= 0.3 is 0 Å². The minimum atomic E-state index is -0.110. The normalized spacial score (nSPS) is 15.3. The topological polar surface area (TPSA) is 62.3 Å². The zero-order chi connectivity index (χ0) is 12.4. The summed E-state index contributed by atoms with van der Waals surface area (Å²) in [6.45, 7) is 4.40. The van der Waals surface area contributed by atoms with Crippen LogP contribution in [0.2, 0.25) is 0 Å². The number of carbonyl (C=O) groups excluding carboxylic acids is 2. The first kappa shape index (κ1) is 11.6. The Hall–Kier alpha value is -1.91. The van der Waals surface area contributed by atoms with Crippen molar-refractivity contribution in [3.63, 3.8) is 0 Å². The Morgan fingerprint density at radius 1 is 1.41 bits per heavy atom. The Balaban J connectivity index is 1.89. The van der Waals surface area contributed by atoms with E-state index in [9.17, 15) is 9.59 Å². The van der Waals surface area contributed by atoms with E-state index in [0.717, 1.165) is 5.69 Å². The highest BCUT2D eigenvalue weighted by atomic mass is 16.2. The van der Waals surface area contributed by atoms with Gasteiger partial charge in [0.25, 0.3) is 0 Å². The van der Waals surface area contributed by atoms with Crippen molar-refractivity contribution in [2.24, 2.45) is 5.92 Å². The van der Waals surface area contributed by atoms with E-state index in [-0.39, 0.29) is 17.7 Å². The fourth-order valence-electron chi connectivity index (χ4n) is 1.74. The predicted molar refractivity (Wildman–Crippen MR) is 63.3 cm³/mol. The molecule has 5 heteroatoms. The third kappa shape index (κ3) is 2.61. The maximum absolute atomic E-state index is 11.8. The van der Waals surface area contributed by atoms with E-state index in [4.69, 9.17) is 0 Å². The van der Waals surface area contributed by atoms with Gasteiger partial charge in [0.2, 0.25) is 11.8 Å². The molecule has 0 aromatic carbocycles. The van der Waals surface area contributed by atoms with Crippen LogP contribution in [0.1, 0.15) is 12.6 Å². The molecular weight excluding hydrogens is 218 g/mol. The number of aryl methyl sites for hydroxylation is 1. The maximum Gasteiger partial charge on any atom is 0.232 e. The average molecular weight is 233 g/mol. The van der Waals surface area contributed by atoms with Gasteiger partial charge < -0.3 is 10.2 Å². The molecule has 1 fully saturated rings. The van der Waals surface area contributed by atoms with Crippen molar-refractivity contribution >= 4 is 17.6 Å². The standard InChI is InChI=1S/C12H15N3O2/c1-8-4-3-5-11(13-8)14-12(17)10-6-15(7-10)9(2)16/h3-5,10H,6-7H2,1-2H3,(H,13,14,17). The molecule has 90 valence electrons. The number of amides is 2. The minimum absolute atomic E-state index is 0.0164. The molecule has 1 N–H and O–H groups in total. The van der Waals surface area contributed by atoms with Crippen molar-refractivity contribution in [3.8, 4) is 0 Å². The van der Waals surface area contributed by atoms with E-state index in [1.165, 1.54) is 6.92 Å². The molecule has 1 aromatic rings. The third-order valence-electron chi connectivity index (χ3n) is 2.84. The van der Waals surface area contributed by atoms with E-state index in [0.29, 0.717) is 18.9 Å². The third-order valence-corrected chi connectivity index (χ3v) is 2.84. The molecule has 1 aliphatic heterocycles. The van der Waals surface area contributed by atoms with Crippen molar-refractivity contribution in [2.75, 3.05) is 18.4 Å². The number of nitrogens with zero attached hydrogens (tertiary/aromatic N) is 2. The first-order valence-corrected chi connectivity index (χ1v) is 5.56. The van der Waals surface area contributed by atoms with Crippen LogP contribution in [0.3, 0.4) is 0 Å². The van der Waals surface area contributed by atoms with Gasteiger partial charge in [0.15, 0.2) is 0 Å². The molecule has 17 heavy (non-hydrogen) atoms. The number of likely N-dealkylation sites (tertiary alicyclic amines) is 1. The van der Waals surface area contributed by atoms with E-state index < -0.39 is 0 Å². The second kappa shape index (κ2) is 4.53. The van der Waals surface area contributed by atoms with Crippen molar-refractivity contribution in [2.45, 2.75) is 13.8 Å². The summed E-state index contributed by atoms with van der Waals surface area (Å²) >= 11 is 0. The van der Waals surface area contributed by atoms with Crippen LogP contribution in [-0.4, -0.2) is 34.8 Å². The highest BCUT2D eigenvalue weighted by molar-refractivity contribution is 5.93. The lowest BCUT2D eigenvalue weighted by atomic mass is 9.99. The average Bonchev–Trinajstić information content (AvgIpc) is 2.13. The Bertz CT molecular complexity index is 453. The second-order valence-corrected chi connectivity index (χ2v) is 4.27. The molecule has 0 aliphatic carbocycles. The summed E-state index contributed by atoms with van der Waals surface area (Å²) in [7, 11) is 0. The van der Waals surface area contributed by atoms with Crippen LogP contribution in [0.25, 0.3) is 0 Å². The van der Waals surface area contributed by atoms with Crippen LogP contribution < -0.4 is 5.32 Å². The Kier molecular flexibility index (Phi) is 3.08. The van der Waals surface area contributed by atoms with Gasteiger partial charge in [-0.1, -0.05) is 6.07 Å². The molecule has 5 nitrogen and oxygen atoms in total. The van der Waals surface area contributed by atoms with Crippen LogP contribution in [0, 0.1) is 12.8 Å². The van der Waals surface area contributed by atoms with Gasteiger partial charge in [-0.05, 0) is 19.1 Å².